The van der Waals surface area contributed by atoms with Gasteiger partial charge in [-0.2, -0.15) is 0 Å². The molecule has 0 spiro atoms. The first kappa shape index (κ1) is 15.9. The van der Waals surface area contributed by atoms with E-state index in [0.717, 1.165) is 24.4 Å². The molecule has 0 aromatic carbocycles. The number of ether oxygens (including phenoxy) is 1. The number of thiophene rings is 1. The minimum absolute atomic E-state index is 0.0955. The van der Waals surface area contributed by atoms with E-state index in [1.165, 1.54) is 11.3 Å². The highest BCUT2D eigenvalue weighted by Crippen LogP contribution is 2.23. The predicted molar refractivity (Wildman–Crippen MR) is 80.4 cm³/mol. The molecule has 0 bridgehead atoms. The molecule has 0 saturated carbocycles. The van der Waals surface area contributed by atoms with Gasteiger partial charge in [0.15, 0.2) is 0 Å². The lowest BCUT2D eigenvalue weighted by atomic mass is 10.0. The topological polar surface area (TPSA) is 67.4 Å². The fourth-order valence-corrected chi connectivity index (χ4v) is 4.85. The standard InChI is InChI=1S/C13H22N2O3S2/c1-3-14-8-12-4-5-13(19-12)20(16,17)15-10(2)11-6-7-18-9-11/h4-5,10-11,14-15H,3,6-9H2,1-2H3. The van der Waals surface area contributed by atoms with Crippen molar-refractivity contribution >= 4 is 21.4 Å². The van der Waals surface area contributed by atoms with Crippen LogP contribution in [0.15, 0.2) is 16.3 Å². The van der Waals surface area contributed by atoms with Gasteiger partial charge in [0.05, 0.1) is 6.61 Å². The van der Waals surface area contributed by atoms with Gasteiger partial charge in [-0.1, -0.05) is 6.92 Å². The number of sulfonamides is 1. The average Bonchev–Trinajstić information content (AvgIpc) is 3.07. The molecule has 20 heavy (non-hydrogen) atoms. The number of hydrogen-bond donors (Lipinski definition) is 2. The Balaban J connectivity index is 2.00. The largest absolute Gasteiger partial charge is 0.381 e. The van der Waals surface area contributed by atoms with Gasteiger partial charge in [-0.05, 0) is 32.0 Å². The summed E-state index contributed by atoms with van der Waals surface area (Å²) in [6, 6.07) is 3.45. The van der Waals surface area contributed by atoms with E-state index in [4.69, 9.17) is 4.74 Å². The average molecular weight is 318 g/mol. The number of rotatable bonds is 7. The van der Waals surface area contributed by atoms with Crippen LogP contribution >= 0.6 is 11.3 Å². The lowest BCUT2D eigenvalue weighted by Crippen LogP contribution is -2.38. The zero-order valence-electron chi connectivity index (χ0n) is 11.9. The van der Waals surface area contributed by atoms with Crippen molar-refractivity contribution in [2.45, 2.75) is 37.1 Å². The summed E-state index contributed by atoms with van der Waals surface area (Å²) in [7, 11) is -3.42. The van der Waals surface area contributed by atoms with Crippen LogP contribution in [0.25, 0.3) is 0 Å². The molecule has 1 aromatic heterocycles. The number of hydrogen-bond acceptors (Lipinski definition) is 5. The molecule has 5 nitrogen and oxygen atoms in total. The fraction of sp³-hybridized carbons (Fsp3) is 0.692. The van der Waals surface area contributed by atoms with Crippen molar-refractivity contribution in [2.24, 2.45) is 5.92 Å². The van der Waals surface area contributed by atoms with Gasteiger partial charge >= 0.3 is 0 Å². The van der Waals surface area contributed by atoms with Gasteiger partial charge in [0, 0.05) is 30.0 Å². The van der Waals surface area contributed by atoms with Crippen LogP contribution in [-0.2, 0) is 21.3 Å². The lowest BCUT2D eigenvalue weighted by Gasteiger charge is -2.18. The number of nitrogens with one attached hydrogen (secondary N) is 2. The lowest BCUT2D eigenvalue weighted by molar-refractivity contribution is 0.180. The van der Waals surface area contributed by atoms with Gasteiger partial charge in [0.25, 0.3) is 0 Å². The maximum Gasteiger partial charge on any atom is 0.250 e. The molecular weight excluding hydrogens is 296 g/mol. The van der Waals surface area contributed by atoms with Crippen LogP contribution in [0.2, 0.25) is 0 Å². The molecule has 0 amide bonds. The van der Waals surface area contributed by atoms with Gasteiger partial charge in [-0.15, -0.1) is 11.3 Å². The van der Waals surface area contributed by atoms with E-state index in [-0.39, 0.29) is 12.0 Å². The molecule has 1 aromatic rings. The SMILES string of the molecule is CCNCc1ccc(S(=O)(=O)NC(C)C2CCOC2)s1. The Morgan fingerprint density at radius 3 is 2.95 bits per heavy atom. The van der Waals surface area contributed by atoms with E-state index in [9.17, 15) is 8.42 Å². The van der Waals surface area contributed by atoms with Crippen molar-refractivity contribution in [3.8, 4) is 0 Å². The summed E-state index contributed by atoms with van der Waals surface area (Å²) in [5.41, 5.74) is 0. The molecule has 1 saturated heterocycles. The molecule has 2 unspecified atom stereocenters. The van der Waals surface area contributed by atoms with Gasteiger partial charge in [0.2, 0.25) is 10.0 Å². The summed E-state index contributed by atoms with van der Waals surface area (Å²) < 4.78 is 33.1. The molecule has 1 fully saturated rings. The normalized spacial score (nSPS) is 21.2. The highest BCUT2D eigenvalue weighted by atomic mass is 32.2. The third kappa shape index (κ3) is 4.02. The van der Waals surface area contributed by atoms with Gasteiger partial charge < -0.3 is 10.1 Å². The summed E-state index contributed by atoms with van der Waals surface area (Å²) >= 11 is 1.32. The first-order chi connectivity index (χ1) is 9.53. The molecule has 2 heterocycles. The van der Waals surface area contributed by atoms with E-state index in [1.807, 2.05) is 19.9 Å². The first-order valence-electron chi connectivity index (χ1n) is 6.92. The van der Waals surface area contributed by atoms with Crippen molar-refractivity contribution in [3.63, 3.8) is 0 Å². The Morgan fingerprint density at radius 1 is 1.50 bits per heavy atom. The van der Waals surface area contributed by atoms with Crippen LogP contribution in [0.3, 0.4) is 0 Å². The fourth-order valence-electron chi connectivity index (χ4n) is 2.19. The summed E-state index contributed by atoms with van der Waals surface area (Å²) in [6.07, 6.45) is 0.916. The van der Waals surface area contributed by atoms with Crippen LogP contribution in [0, 0.1) is 5.92 Å². The second-order valence-electron chi connectivity index (χ2n) is 5.03. The van der Waals surface area contributed by atoms with Crippen molar-refractivity contribution < 1.29 is 13.2 Å². The smallest absolute Gasteiger partial charge is 0.250 e. The maximum absolute atomic E-state index is 12.3. The van der Waals surface area contributed by atoms with Gasteiger partial charge in [0.1, 0.15) is 4.21 Å². The van der Waals surface area contributed by atoms with E-state index < -0.39 is 10.0 Å². The Hall–Kier alpha value is -0.470. The summed E-state index contributed by atoms with van der Waals surface area (Å²) in [4.78, 5) is 1.03. The summed E-state index contributed by atoms with van der Waals surface area (Å²) in [5.74, 6) is 0.269. The van der Waals surface area contributed by atoms with E-state index in [1.54, 1.807) is 6.07 Å². The Bertz CT molecular complexity index is 521. The van der Waals surface area contributed by atoms with E-state index in [0.29, 0.717) is 17.4 Å². The molecule has 2 rings (SSSR count). The Labute approximate surface area is 124 Å². The Kier molecular flexibility index (Phi) is 5.57. The maximum atomic E-state index is 12.3. The molecular formula is C13H22N2O3S2. The quantitative estimate of drug-likeness (QED) is 0.801. The van der Waals surface area contributed by atoms with E-state index >= 15 is 0 Å². The molecule has 1 aliphatic rings. The minimum atomic E-state index is -3.42. The van der Waals surface area contributed by atoms with Gasteiger partial charge in [-0.25, -0.2) is 13.1 Å². The highest BCUT2D eigenvalue weighted by Gasteiger charge is 2.27. The molecule has 2 N–H and O–H groups in total. The first-order valence-corrected chi connectivity index (χ1v) is 9.22. The van der Waals surface area contributed by atoms with Crippen LogP contribution in [0.1, 0.15) is 25.1 Å². The highest BCUT2D eigenvalue weighted by molar-refractivity contribution is 7.91. The van der Waals surface area contributed by atoms with Crippen molar-refractivity contribution in [1.29, 1.82) is 0 Å². The molecule has 1 aliphatic heterocycles. The third-order valence-corrected chi connectivity index (χ3v) is 6.60. The Morgan fingerprint density at radius 2 is 2.30 bits per heavy atom. The zero-order valence-corrected chi connectivity index (χ0v) is 13.5. The predicted octanol–water partition coefficient (Wildman–Crippen LogP) is 1.56. The second-order valence-corrected chi connectivity index (χ2v) is 8.14. The van der Waals surface area contributed by atoms with Crippen molar-refractivity contribution in [1.82, 2.24) is 10.0 Å². The monoisotopic (exact) mass is 318 g/mol. The molecule has 0 radical (unpaired) electrons. The third-order valence-electron chi connectivity index (χ3n) is 3.46. The van der Waals surface area contributed by atoms with Crippen LogP contribution < -0.4 is 10.0 Å². The summed E-state index contributed by atoms with van der Waals surface area (Å²) in [5, 5.41) is 3.19. The van der Waals surface area contributed by atoms with Crippen molar-refractivity contribution in [3.05, 3.63) is 17.0 Å². The van der Waals surface area contributed by atoms with Crippen LogP contribution in [-0.4, -0.2) is 34.2 Å². The molecule has 2 atom stereocenters. The van der Waals surface area contributed by atoms with Crippen molar-refractivity contribution in [2.75, 3.05) is 19.8 Å². The van der Waals surface area contributed by atoms with Crippen LogP contribution in [0.4, 0.5) is 0 Å². The minimum Gasteiger partial charge on any atom is -0.381 e. The zero-order chi connectivity index (χ0) is 14.6. The summed E-state index contributed by atoms with van der Waals surface area (Å²) in [6.45, 7) is 6.88. The van der Waals surface area contributed by atoms with Gasteiger partial charge in [-0.3, -0.25) is 0 Å². The molecule has 0 aliphatic carbocycles. The van der Waals surface area contributed by atoms with Crippen LogP contribution in [0.5, 0.6) is 0 Å². The second kappa shape index (κ2) is 7.00. The molecule has 7 heteroatoms. The van der Waals surface area contributed by atoms with E-state index in [2.05, 4.69) is 10.0 Å². The molecule has 114 valence electrons.